The average molecular weight is 179 g/mol. The van der Waals surface area contributed by atoms with Crippen molar-refractivity contribution in [3.8, 4) is 0 Å². The summed E-state index contributed by atoms with van der Waals surface area (Å²) in [5.74, 6) is 1.20. The van der Waals surface area contributed by atoms with Crippen molar-refractivity contribution >= 4 is 0 Å². The second-order valence-electron chi connectivity index (χ2n) is 3.36. The van der Waals surface area contributed by atoms with Gasteiger partial charge in [0.05, 0.1) is 0 Å². The van der Waals surface area contributed by atoms with Gasteiger partial charge >= 0.3 is 0 Å². The topological polar surface area (TPSA) is 57.8 Å². The Morgan fingerprint density at radius 2 is 2.46 bits per heavy atom. The summed E-state index contributed by atoms with van der Waals surface area (Å²) < 4.78 is 0. The number of nitrogens with zero attached hydrogens (tertiary/aromatic N) is 1. The van der Waals surface area contributed by atoms with Crippen LogP contribution in [0.25, 0.3) is 0 Å². The van der Waals surface area contributed by atoms with Crippen LogP contribution in [0, 0.1) is 0 Å². The van der Waals surface area contributed by atoms with E-state index in [4.69, 9.17) is 0 Å². The third-order valence-corrected chi connectivity index (χ3v) is 2.37. The van der Waals surface area contributed by atoms with E-state index in [1.54, 1.807) is 6.20 Å². The summed E-state index contributed by atoms with van der Waals surface area (Å²) in [7, 11) is 0. The number of hydrogen-bond donors (Lipinski definition) is 2. The molecule has 4 heteroatoms. The van der Waals surface area contributed by atoms with Crippen LogP contribution in [0.1, 0.15) is 24.6 Å². The molecule has 0 radical (unpaired) electrons. The predicted molar refractivity (Wildman–Crippen MR) is 49.7 cm³/mol. The number of piperidine rings is 1. The molecule has 1 aliphatic rings. The fourth-order valence-corrected chi connectivity index (χ4v) is 1.68. The zero-order valence-corrected chi connectivity index (χ0v) is 7.42. The lowest BCUT2D eigenvalue weighted by Crippen LogP contribution is -2.30. The van der Waals surface area contributed by atoms with Gasteiger partial charge in [0.2, 0.25) is 0 Å². The molecule has 1 aromatic heterocycles. The summed E-state index contributed by atoms with van der Waals surface area (Å²) in [5, 5.41) is 3.29. The quantitative estimate of drug-likeness (QED) is 0.649. The van der Waals surface area contributed by atoms with Gasteiger partial charge in [-0.05, 0) is 19.4 Å². The van der Waals surface area contributed by atoms with Crippen LogP contribution in [0.5, 0.6) is 0 Å². The van der Waals surface area contributed by atoms with Crippen LogP contribution in [0.2, 0.25) is 0 Å². The largest absolute Gasteiger partial charge is 0.316 e. The van der Waals surface area contributed by atoms with Crippen molar-refractivity contribution in [1.29, 1.82) is 0 Å². The molecule has 1 unspecified atom stereocenters. The molecule has 1 aromatic rings. The Kier molecular flexibility index (Phi) is 2.40. The Morgan fingerprint density at radius 3 is 3.15 bits per heavy atom. The highest BCUT2D eigenvalue weighted by Gasteiger charge is 2.16. The maximum absolute atomic E-state index is 11.0. The van der Waals surface area contributed by atoms with Crippen molar-refractivity contribution in [2.45, 2.75) is 18.8 Å². The van der Waals surface area contributed by atoms with Crippen molar-refractivity contribution < 1.29 is 0 Å². The zero-order valence-electron chi connectivity index (χ0n) is 7.42. The first-order chi connectivity index (χ1) is 6.36. The molecular weight excluding hydrogens is 166 g/mol. The molecule has 0 aliphatic carbocycles. The van der Waals surface area contributed by atoms with Crippen LogP contribution in [0.4, 0.5) is 0 Å². The highest BCUT2D eigenvalue weighted by atomic mass is 16.1. The number of hydrogen-bond acceptors (Lipinski definition) is 3. The molecule has 2 heterocycles. The lowest BCUT2D eigenvalue weighted by atomic mass is 9.99. The molecule has 4 nitrogen and oxygen atoms in total. The minimum absolute atomic E-state index is 0.0597. The number of nitrogens with one attached hydrogen (secondary N) is 2. The molecule has 1 atom stereocenters. The number of aromatic nitrogens is 2. The van der Waals surface area contributed by atoms with Crippen molar-refractivity contribution in [1.82, 2.24) is 15.3 Å². The lowest BCUT2D eigenvalue weighted by Gasteiger charge is -2.21. The van der Waals surface area contributed by atoms with Crippen molar-refractivity contribution in [3.63, 3.8) is 0 Å². The smallest absolute Gasteiger partial charge is 0.250 e. The fourth-order valence-electron chi connectivity index (χ4n) is 1.68. The average Bonchev–Trinajstić information content (AvgIpc) is 2.19. The van der Waals surface area contributed by atoms with E-state index in [9.17, 15) is 4.79 Å². The molecule has 0 aromatic carbocycles. The Morgan fingerprint density at radius 1 is 1.54 bits per heavy atom. The van der Waals surface area contributed by atoms with Crippen molar-refractivity contribution in [2.75, 3.05) is 13.1 Å². The Labute approximate surface area is 76.4 Å². The van der Waals surface area contributed by atoms with E-state index >= 15 is 0 Å². The molecule has 70 valence electrons. The van der Waals surface area contributed by atoms with Gasteiger partial charge in [0.25, 0.3) is 5.56 Å². The third-order valence-electron chi connectivity index (χ3n) is 2.37. The SMILES string of the molecule is O=c1ccnc(C2CCCNC2)[nH]1. The maximum Gasteiger partial charge on any atom is 0.250 e. The van der Waals surface area contributed by atoms with Crippen LogP contribution in [0.3, 0.4) is 0 Å². The molecule has 1 saturated heterocycles. The van der Waals surface area contributed by atoms with Crippen LogP contribution in [0.15, 0.2) is 17.1 Å². The van der Waals surface area contributed by atoms with Gasteiger partial charge in [-0.25, -0.2) is 4.98 Å². The summed E-state index contributed by atoms with van der Waals surface area (Å²) in [6, 6.07) is 1.44. The summed E-state index contributed by atoms with van der Waals surface area (Å²) in [5.41, 5.74) is -0.0597. The van der Waals surface area contributed by atoms with E-state index in [0.29, 0.717) is 5.92 Å². The minimum Gasteiger partial charge on any atom is -0.316 e. The lowest BCUT2D eigenvalue weighted by molar-refractivity contribution is 0.445. The Hall–Kier alpha value is -1.16. The highest BCUT2D eigenvalue weighted by molar-refractivity contribution is 4.99. The number of H-pyrrole nitrogens is 1. The summed E-state index contributed by atoms with van der Waals surface area (Å²) in [4.78, 5) is 18.0. The van der Waals surface area contributed by atoms with Gasteiger partial charge in [0.1, 0.15) is 5.82 Å². The molecule has 2 N–H and O–H groups in total. The zero-order chi connectivity index (χ0) is 9.10. The first-order valence-electron chi connectivity index (χ1n) is 4.62. The summed E-state index contributed by atoms with van der Waals surface area (Å²) in [6.45, 7) is 2.00. The van der Waals surface area contributed by atoms with Crippen molar-refractivity contribution in [3.05, 3.63) is 28.4 Å². The second-order valence-corrected chi connectivity index (χ2v) is 3.36. The highest BCUT2D eigenvalue weighted by Crippen LogP contribution is 2.17. The van der Waals surface area contributed by atoms with Gasteiger partial charge in [-0.3, -0.25) is 4.79 Å². The first kappa shape index (κ1) is 8.44. The normalized spacial score (nSPS) is 22.9. The molecular formula is C9H13N3O. The third kappa shape index (κ3) is 1.95. The van der Waals surface area contributed by atoms with E-state index in [0.717, 1.165) is 31.8 Å². The summed E-state index contributed by atoms with van der Waals surface area (Å²) in [6.07, 6.45) is 3.84. The van der Waals surface area contributed by atoms with Crippen LogP contribution < -0.4 is 10.9 Å². The van der Waals surface area contributed by atoms with Crippen molar-refractivity contribution in [2.24, 2.45) is 0 Å². The Bertz CT molecular complexity index is 328. The van der Waals surface area contributed by atoms with Gasteiger partial charge in [-0.2, -0.15) is 0 Å². The van der Waals surface area contributed by atoms with E-state index in [-0.39, 0.29) is 5.56 Å². The van der Waals surface area contributed by atoms with Gasteiger partial charge in [0, 0.05) is 24.7 Å². The van der Waals surface area contributed by atoms with E-state index < -0.39 is 0 Å². The molecule has 2 rings (SSSR count). The van der Waals surface area contributed by atoms with Crippen LogP contribution in [-0.4, -0.2) is 23.1 Å². The summed E-state index contributed by atoms with van der Waals surface area (Å²) >= 11 is 0. The molecule has 1 fully saturated rings. The molecule has 0 saturated carbocycles. The molecule has 1 aliphatic heterocycles. The molecule has 0 amide bonds. The number of rotatable bonds is 1. The van der Waals surface area contributed by atoms with Gasteiger partial charge in [-0.1, -0.05) is 0 Å². The Balaban J connectivity index is 2.19. The monoisotopic (exact) mass is 179 g/mol. The molecule has 0 bridgehead atoms. The predicted octanol–water partition coefficient (Wildman–Crippen LogP) is 0.237. The molecule has 13 heavy (non-hydrogen) atoms. The van der Waals surface area contributed by atoms with Gasteiger partial charge < -0.3 is 10.3 Å². The van der Waals surface area contributed by atoms with E-state index in [2.05, 4.69) is 15.3 Å². The standard InChI is InChI=1S/C9H13N3O/c13-8-3-5-11-9(12-8)7-2-1-4-10-6-7/h3,5,7,10H,1-2,4,6H2,(H,11,12,13). The molecule has 0 spiro atoms. The fraction of sp³-hybridized carbons (Fsp3) is 0.556. The van der Waals surface area contributed by atoms with Gasteiger partial charge in [0.15, 0.2) is 0 Å². The van der Waals surface area contributed by atoms with E-state index in [1.165, 1.54) is 6.07 Å². The number of aromatic amines is 1. The van der Waals surface area contributed by atoms with E-state index in [1.807, 2.05) is 0 Å². The second kappa shape index (κ2) is 3.70. The minimum atomic E-state index is -0.0597. The maximum atomic E-state index is 11.0. The van der Waals surface area contributed by atoms with Crippen LogP contribution >= 0.6 is 0 Å². The van der Waals surface area contributed by atoms with Gasteiger partial charge in [-0.15, -0.1) is 0 Å². The first-order valence-corrected chi connectivity index (χ1v) is 4.62. The van der Waals surface area contributed by atoms with Crippen LogP contribution in [-0.2, 0) is 0 Å².